The number of carbonyl (C=O) groups is 3. The van der Waals surface area contributed by atoms with Crippen molar-refractivity contribution in [1.82, 2.24) is 15.5 Å². The largest absolute Gasteiger partial charge is 0.488 e. The highest BCUT2D eigenvalue weighted by molar-refractivity contribution is 5.95. The molecule has 0 saturated carbocycles. The van der Waals surface area contributed by atoms with Crippen LogP contribution in [0, 0.1) is 18.6 Å². The van der Waals surface area contributed by atoms with E-state index in [0.717, 1.165) is 23.3 Å². The maximum Gasteiger partial charge on any atom is 0.258 e. The van der Waals surface area contributed by atoms with Crippen molar-refractivity contribution in [1.29, 1.82) is 0 Å². The lowest BCUT2D eigenvalue weighted by Crippen LogP contribution is -2.58. The standard InChI is InChI=1S/C31H31F2N3O5/c1-19-2-7-22-15-28(19)40-18-29(37)34-16-21-3-8-23(9-4-21)41-27-12-13-36(17-26(27)35-31(22)39)30(38)11-6-20-5-10-24(32)25(33)14-20/h2-5,7-10,14-15,26-27H,6,11-13,16-18H2,1H3,(H,34,37)(H,35,39)/t26-,27-/m0/s1. The first-order valence-corrected chi connectivity index (χ1v) is 13.5. The van der Waals surface area contributed by atoms with Crippen LogP contribution in [-0.4, -0.2) is 54.5 Å². The Kier molecular flexibility index (Phi) is 8.47. The van der Waals surface area contributed by atoms with E-state index >= 15 is 0 Å². The van der Waals surface area contributed by atoms with E-state index in [1.54, 1.807) is 35.2 Å². The molecule has 1 fully saturated rings. The summed E-state index contributed by atoms with van der Waals surface area (Å²) in [6, 6.07) is 15.4. The summed E-state index contributed by atoms with van der Waals surface area (Å²) in [5.74, 6) is -1.66. The second kappa shape index (κ2) is 12.4. The lowest BCUT2D eigenvalue weighted by atomic mass is 9.99. The molecule has 41 heavy (non-hydrogen) atoms. The van der Waals surface area contributed by atoms with Crippen LogP contribution < -0.4 is 20.1 Å². The van der Waals surface area contributed by atoms with Gasteiger partial charge in [0.2, 0.25) is 5.91 Å². The van der Waals surface area contributed by atoms with E-state index in [4.69, 9.17) is 9.47 Å². The zero-order valence-corrected chi connectivity index (χ0v) is 22.6. The summed E-state index contributed by atoms with van der Waals surface area (Å²) in [4.78, 5) is 40.4. The summed E-state index contributed by atoms with van der Waals surface area (Å²) < 4.78 is 38.9. The number of hydrogen-bond acceptors (Lipinski definition) is 5. The highest BCUT2D eigenvalue weighted by Crippen LogP contribution is 2.24. The van der Waals surface area contributed by atoms with Gasteiger partial charge in [-0.3, -0.25) is 14.4 Å². The van der Waals surface area contributed by atoms with Gasteiger partial charge in [0, 0.05) is 38.0 Å². The average molecular weight is 564 g/mol. The molecule has 0 radical (unpaired) electrons. The van der Waals surface area contributed by atoms with Crippen molar-refractivity contribution in [3.05, 3.63) is 94.6 Å². The number of carbonyl (C=O) groups excluding carboxylic acids is 3. The van der Waals surface area contributed by atoms with E-state index in [-0.39, 0.29) is 43.7 Å². The molecule has 3 aromatic carbocycles. The summed E-state index contributed by atoms with van der Waals surface area (Å²) in [7, 11) is 0. The fourth-order valence-corrected chi connectivity index (χ4v) is 4.95. The second-order valence-electron chi connectivity index (χ2n) is 10.3. The first-order chi connectivity index (χ1) is 19.7. The first-order valence-electron chi connectivity index (χ1n) is 13.5. The van der Waals surface area contributed by atoms with Gasteiger partial charge in [-0.1, -0.05) is 24.3 Å². The first kappa shape index (κ1) is 28.1. The van der Waals surface area contributed by atoms with Gasteiger partial charge >= 0.3 is 0 Å². The number of fused-ring (bicyclic) bond motifs is 7. The van der Waals surface area contributed by atoms with Crippen molar-refractivity contribution in [2.75, 3.05) is 19.7 Å². The molecule has 1 saturated heterocycles. The predicted molar refractivity (Wildman–Crippen MR) is 147 cm³/mol. The zero-order chi connectivity index (χ0) is 28.9. The van der Waals surface area contributed by atoms with E-state index in [0.29, 0.717) is 42.1 Å². The number of likely N-dealkylation sites (tertiary alicyclic amines) is 1. The molecule has 3 heterocycles. The molecule has 0 aliphatic carbocycles. The fourth-order valence-electron chi connectivity index (χ4n) is 4.95. The van der Waals surface area contributed by atoms with Crippen molar-refractivity contribution < 1.29 is 32.6 Å². The molecule has 3 aliphatic heterocycles. The number of rotatable bonds is 3. The molecule has 3 aliphatic rings. The Morgan fingerprint density at radius 1 is 1.02 bits per heavy atom. The number of ether oxygens (including phenoxy) is 2. The summed E-state index contributed by atoms with van der Waals surface area (Å²) in [6.07, 6.45) is 0.447. The highest BCUT2D eigenvalue weighted by atomic mass is 19.2. The Hall–Kier alpha value is -4.47. The third-order valence-corrected chi connectivity index (χ3v) is 7.34. The topological polar surface area (TPSA) is 97.0 Å². The summed E-state index contributed by atoms with van der Waals surface area (Å²) in [6.45, 7) is 2.60. The molecular formula is C31H31F2N3O5. The van der Waals surface area contributed by atoms with Gasteiger partial charge in [-0.05, 0) is 66.4 Å². The Morgan fingerprint density at radius 3 is 2.61 bits per heavy atom. The highest BCUT2D eigenvalue weighted by Gasteiger charge is 2.34. The van der Waals surface area contributed by atoms with Crippen LogP contribution in [-0.2, 0) is 22.6 Å². The molecule has 2 N–H and O–H groups in total. The van der Waals surface area contributed by atoms with Crippen LogP contribution in [0.4, 0.5) is 8.78 Å². The van der Waals surface area contributed by atoms with E-state index < -0.39 is 23.8 Å². The molecule has 0 unspecified atom stereocenters. The van der Waals surface area contributed by atoms with Crippen LogP contribution in [0.2, 0.25) is 0 Å². The molecule has 6 rings (SSSR count). The molecule has 8 nitrogen and oxygen atoms in total. The molecule has 0 aromatic heterocycles. The Morgan fingerprint density at radius 2 is 1.83 bits per heavy atom. The van der Waals surface area contributed by atoms with Gasteiger partial charge < -0.3 is 25.0 Å². The second-order valence-corrected chi connectivity index (χ2v) is 10.3. The van der Waals surface area contributed by atoms with Crippen LogP contribution in [0.1, 0.15) is 39.9 Å². The Labute approximate surface area is 236 Å². The fraction of sp³-hybridized carbons (Fsp3) is 0.323. The molecular weight excluding hydrogens is 532 g/mol. The van der Waals surface area contributed by atoms with E-state index in [2.05, 4.69) is 10.6 Å². The molecule has 0 spiro atoms. The van der Waals surface area contributed by atoms with E-state index in [9.17, 15) is 23.2 Å². The monoisotopic (exact) mass is 563 g/mol. The van der Waals surface area contributed by atoms with Crippen LogP contribution in [0.15, 0.2) is 60.7 Å². The van der Waals surface area contributed by atoms with E-state index in [1.165, 1.54) is 6.07 Å². The van der Waals surface area contributed by atoms with Gasteiger partial charge in [0.15, 0.2) is 18.2 Å². The number of aryl methyl sites for hydroxylation is 2. The zero-order valence-electron chi connectivity index (χ0n) is 22.6. The average Bonchev–Trinajstić information content (AvgIpc) is 2.97. The number of piperidine rings is 1. The molecule has 10 heteroatoms. The van der Waals surface area contributed by atoms with Gasteiger partial charge in [-0.25, -0.2) is 8.78 Å². The Bertz CT molecular complexity index is 1450. The normalized spacial score (nSPS) is 19.2. The minimum absolute atomic E-state index is 0.115. The van der Waals surface area contributed by atoms with Crippen molar-refractivity contribution in [2.24, 2.45) is 0 Å². The van der Waals surface area contributed by atoms with Gasteiger partial charge in [0.1, 0.15) is 17.6 Å². The summed E-state index contributed by atoms with van der Waals surface area (Å²) in [5.41, 5.74) is 2.54. The number of amides is 3. The van der Waals surface area contributed by atoms with Gasteiger partial charge in [-0.2, -0.15) is 0 Å². The molecule has 2 atom stereocenters. The number of hydrogen-bond donors (Lipinski definition) is 2. The molecule has 214 valence electrons. The molecule has 3 amide bonds. The SMILES string of the molecule is Cc1ccc2cc1OCC(=O)NCc1ccc(cc1)O[C@H]1CCN(C(=O)CCc3ccc(F)c(F)c3)C[C@@H]1NC2=O. The minimum atomic E-state index is -0.946. The van der Waals surface area contributed by atoms with Crippen LogP contribution in [0.25, 0.3) is 0 Å². The van der Waals surface area contributed by atoms with Crippen LogP contribution in [0.3, 0.4) is 0 Å². The van der Waals surface area contributed by atoms with Gasteiger partial charge in [0.05, 0.1) is 6.04 Å². The quantitative estimate of drug-likeness (QED) is 0.507. The van der Waals surface area contributed by atoms with Gasteiger partial charge in [0.25, 0.3) is 11.8 Å². The lowest BCUT2D eigenvalue weighted by Gasteiger charge is -2.39. The number of benzene rings is 3. The molecule has 4 bridgehead atoms. The van der Waals surface area contributed by atoms with Crippen molar-refractivity contribution >= 4 is 17.7 Å². The summed E-state index contributed by atoms with van der Waals surface area (Å²) in [5, 5.41) is 5.85. The van der Waals surface area contributed by atoms with E-state index in [1.807, 2.05) is 19.1 Å². The smallest absolute Gasteiger partial charge is 0.258 e. The van der Waals surface area contributed by atoms with Crippen LogP contribution >= 0.6 is 0 Å². The molecule has 3 aromatic rings. The van der Waals surface area contributed by atoms with Gasteiger partial charge in [-0.15, -0.1) is 0 Å². The number of nitrogens with one attached hydrogen (secondary N) is 2. The van der Waals surface area contributed by atoms with Crippen molar-refractivity contribution in [3.8, 4) is 11.5 Å². The summed E-state index contributed by atoms with van der Waals surface area (Å²) >= 11 is 0. The number of nitrogens with zero attached hydrogens (tertiary/aromatic N) is 1. The third kappa shape index (κ3) is 7.00. The van der Waals surface area contributed by atoms with Crippen LogP contribution in [0.5, 0.6) is 11.5 Å². The minimum Gasteiger partial charge on any atom is -0.488 e. The maximum absolute atomic E-state index is 13.6. The van der Waals surface area contributed by atoms with Crippen molar-refractivity contribution in [2.45, 2.75) is 44.9 Å². The lowest BCUT2D eigenvalue weighted by molar-refractivity contribution is -0.133. The van der Waals surface area contributed by atoms with Crippen molar-refractivity contribution in [3.63, 3.8) is 0 Å². The predicted octanol–water partition coefficient (Wildman–Crippen LogP) is 3.69. The number of halogens is 2. The Balaban J connectivity index is 1.35. The maximum atomic E-state index is 13.6. The third-order valence-electron chi connectivity index (χ3n) is 7.34.